The molecule has 20 heavy (non-hydrogen) atoms. The number of phenolic OH excluding ortho intramolecular Hbond substituents is 1. The minimum absolute atomic E-state index is 0.0402. The number of phenols is 1. The molecule has 0 heterocycles. The number of rotatable bonds is 3. The second-order valence-electron chi connectivity index (χ2n) is 3.91. The van der Waals surface area contributed by atoms with Gasteiger partial charge in [-0.1, -0.05) is 0 Å². The first-order chi connectivity index (χ1) is 9.56. The Morgan fingerprint density at radius 1 is 1.15 bits per heavy atom. The third kappa shape index (κ3) is 3.38. The van der Waals surface area contributed by atoms with Crippen LogP contribution in [-0.2, 0) is 0 Å². The number of amides is 1. The van der Waals surface area contributed by atoms with Crippen molar-refractivity contribution in [2.75, 3.05) is 0 Å². The zero-order valence-corrected chi connectivity index (χ0v) is 10.2. The molecule has 0 atom stereocenters. The molecule has 0 aliphatic rings. The average molecular weight is 276 g/mol. The van der Waals surface area contributed by atoms with Crippen LogP contribution in [0, 0.1) is 11.6 Å². The normalized spacial score (nSPS) is 10.7. The molecule has 6 heteroatoms. The number of hydrogen-bond acceptors (Lipinski definition) is 3. The zero-order chi connectivity index (χ0) is 14.5. The number of aromatic hydroxyl groups is 1. The summed E-state index contributed by atoms with van der Waals surface area (Å²) in [6.45, 7) is 0. The molecule has 0 aromatic heterocycles. The zero-order valence-electron chi connectivity index (χ0n) is 10.2. The van der Waals surface area contributed by atoms with Crippen molar-refractivity contribution in [1.29, 1.82) is 0 Å². The maximum absolute atomic E-state index is 13.3. The Labute approximate surface area is 113 Å². The molecule has 0 saturated carbocycles. The third-order valence-electron chi connectivity index (χ3n) is 2.46. The topological polar surface area (TPSA) is 61.7 Å². The molecule has 2 rings (SSSR count). The van der Waals surface area contributed by atoms with Crippen LogP contribution >= 0.6 is 0 Å². The van der Waals surface area contributed by atoms with Gasteiger partial charge < -0.3 is 5.11 Å². The van der Waals surface area contributed by atoms with Crippen molar-refractivity contribution in [2.45, 2.75) is 0 Å². The Balaban J connectivity index is 2.02. The maximum atomic E-state index is 13.3. The first-order valence-corrected chi connectivity index (χ1v) is 5.64. The van der Waals surface area contributed by atoms with E-state index in [1.165, 1.54) is 30.3 Å². The van der Waals surface area contributed by atoms with E-state index in [9.17, 15) is 13.6 Å². The van der Waals surface area contributed by atoms with Crippen molar-refractivity contribution in [1.82, 2.24) is 5.43 Å². The average Bonchev–Trinajstić information content (AvgIpc) is 2.42. The lowest BCUT2D eigenvalue weighted by Crippen LogP contribution is -2.17. The summed E-state index contributed by atoms with van der Waals surface area (Å²) in [5, 5.41) is 12.7. The first kappa shape index (κ1) is 13.7. The fraction of sp³-hybridized carbons (Fsp3) is 0. The molecule has 1 amide bonds. The molecule has 4 nitrogen and oxygen atoms in total. The molecule has 0 radical (unpaired) electrons. The summed E-state index contributed by atoms with van der Waals surface area (Å²) in [4.78, 5) is 11.6. The summed E-state index contributed by atoms with van der Waals surface area (Å²) >= 11 is 0. The summed E-state index contributed by atoms with van der Waals surface area (Å²) in [5.74, 6) is -1.93. The van der Waals surface area contributed by atoms with Gasteiger partial charge >= 0.3 is 0 Å². The molecule has 2 N–H and O–H groups in total. The van der Waals surface area contributed by atoms with Crippen LogP contribution in [0.25, 0.3) is 0 Å². The monoisotopic (exact) mass is 276 g/mol. The van der Waals surface area contributed by atoms with Crippen LogP contribution in [0.3, 0.4) is 0 Å². The Morgan fingerprint density at radius 3 is 2.50 bits per heavy atom. The van der Waals surface area contributed by atoms with E-state index in [-0.39, 0.29) is 11.3 Å². The second kappa shape index (κ2) is 5.92. The number of benzene rings is 2. The standard InChI is InChI=1S/C14H10F2N2O2/c15-11-4-1-10(13(16)7-11)8-17-18-14(20)9-2-5-12(19)6-3-9/h1-8,19H,(H,18,20)/b17-8-. The van der Waals surface area contributed by atoms with Gasteiger partial charge in [0.25, 0.3) is 5.91 Å². The van der Waals surface area contributed by atoms with Crippen LogP contribution in [0.5, 0.6) is 5.75 Å². The molecule has 102 valence electrons. The van der Waals surface area contributed by atoms with Crippen molar-refractivity contribution in [3.05, 3.63) is 65.2 Å². The molecular formula is C14H10F2N2O2. The van der Waals surface area contributed by atoms with Crippen LogP contribution < -0.4 is 5.43 Å². The number of nitrogens with one attached hydrogen (secondary N) is 1. The Kier molecular flexibility index (Phi) is 4.05. The highest BCUT2D eigenvalue weighted by Gasteiger charge is 2.04. The van der Waals surface area contributed by atoms with E-state index in [0.29, 0.717) is 5.56 Å². The van der Waals surface area contributed by atoms with E-state index in [2.05, 4.69) is 10.5 Å². The van der Waals surface area contributed by atoms with Gasteiger partial charge in [-0.25, -0.2) is 14.2 Å². The maximum Gasteiger partial charge on any atom is 0.271 e. The highest BCUT2D eigenvalue weighted by Crippen LogP contribution is 2.09. The fourth-order valence-electron chi connectivity index (χ4n) is 1.44. The van der Waals surface area contributed by atoms with Crippen LogP contribution in [0.1, 0.15) is 15.9 Å². The summed E-state index contributed by atoms with van der Waals surface area (Å²) in [5.41, 5.74) is 2.54. The molecule has 0 fully saturated rings. The Hall–Kier alpha value is -2.76. The van der Waals surface area contributed by atoms with Crippen LogP contribution in [0.15, 0.2) is 47.6 Å². The number of halogens is 2. The van der Waals surface area contributed by atoms with Gasteiger partial charge in [0, 0.05) is 17.2 Å². The Bertz CT molecular complexity index is 655. The van der Waals surface area contributed by atoms with Gasteiger partial charge in [0.05, 0.1) is 6.21 Å². The molecule has 0 unspecified atom stereocenters. The minimum Gasteiger partial charge on any atom is -0.508 e. The predicted molar refractivity (Wildman–Crippen MR) is 69.5 cm³/mol. The number of nitrogens with zero attached hydrogens (tertiary/aromatic N) is 1. The van der Waals surface area contributed by atoms with E-state index in [0.717, 1.165) is 18.3 Å². The smallest absolute Gasteiger partial charge is 0.271 e. The lowest BCUT2D eigenvalue weighted by Gasteiger charge is -2.00. The van der Waals surface area contributed by atoms with Gasteiger partial charge in [-0.2, -0.15) is 5.10 Å². The largest absolute Gasteiger partial charge is 0.508 e. The summed E-state index contributed by atoms with van der Waals surface area (Å²) in [6.07, 6.45) is 1.08. The fourth-order valence-corrected chi connectivity index (χ4v) is 1.44. The van der Waals surface area contributed by atoms with Crippen molar-refractivity contribution in [2.24, 2.45) is 5.10 Å². The van der Waals surface area contributed by atoms with Crippen molar-refractivity contribution >= 4 is 12.1 Å². The third-order valence-corrected chi connectivity index (χ3v) is 2.46. The number of carbonyl (C=O) groups excluding carboxylic acids is 1. The molecule has 0 bridgehead atoms. The molecule has 0 aliphatic carbocycles. The number of hydrogen-bond donors (Lipinski definition) is 2. The minimum atomic E-state index is -0.771. The lowest BCUT2D eigenvalue weighted by molar-refractivity contribution is 0.0955. The molecule has 0 spiro atoms. The summed E-state index contributed by atoms with van der Waals surface area (Å²) in [7, 11) is 0. The lowest BCUT2D eigenvalue weighted by atomic mass is 10.2. The Morgan fingerprint density at radius 2 is 1.85 bits per heavy atom. The van der Waals surface area contributed by atoms with Crippen LogP contribution in [-0.4, -0.2) is 17.2 Å². The molecule has 0 aliphatic heterocycles. The summed E-state index contributed by atoms with van der Waals surface area (Å²) in [6, 6.07) is 8.57. The molecule has 0 saturated heterocycles. The first-order valence-electron chi connectivity index (χ1n) is 5.64. The van der Waals surface area contributed by atoms with Crippen LogP contribution in [0.4, 0.5) is 8.78 Å². The van der Waals surface area contributed by atoms with Crippen molar-refractivity contribution < 1.29 is 18.7 Å². The van der Waals surface area contributed by atoms with Gasteiger partial charge in [-0.05, 0) is 36.4 Å². The van der Waals surface area contributed by atoms with Gasteiger partial charge in [0.15, 0.2) is 0 Å². The van der Waals surface area contributed by atoms with Gasteiger partial charge in [0.2, 0.25) is 0 Å². The van der Waals surface area contributed by atoms with Gasteiger partial charge in [0.1, 0.15) is 17.4 Å². The van der Waals surface area contributed by atoms with Crippen molar-refractivity contribution in [3.63, 3.8) is 0 Å². The highest BCUT2D eigenvalue weighted by molar-refractivity contribution is 5.94. The van der Waals surface area contributed by atoms with E-state index < -0.39 is 17.5 Å². The number of hydrazone groups is 1. The van der Waals surface area contributed by atoms with Gasteiger partial charge in [-0.15, -0.1) is 0 Å². The van der Waals surface area contributed by atoms with Crippen LogP contribution in [0.2, 0.25) is 0 Å². The molecule has 2 aromatic carbocycles. The second-order valence-corrected chi connectivity index (χ2v) is 3.91. The van der Waals surface area contributed by atoms with E-state index in [1.807, 2.05) is 0 Å². The van der Waals surface area contributed by atoms with E-state index in [1.54, 1.807) is 0 Å². The molecule has 2 aromatic rings. The van der Waals surface area contributed by atoms with Crippen molar-refractivity contribution in [3.8, 4) is 5.75 Å². The number of carbonyl (C=O) groups is 1. The summed E-state index contributed by atoms with van der Waals surface area (Å²) < 4.78 is 25.9. The molecular weight excluding hydrogens is 266 g/mol. The predicted octanol–water partition coefficient (Wildman–Crippen LogP) is 2.43. The van der Waals surface area contributed by atoms with E-state index in [4.69, 9.17) is 5.11 Å². The van der Waals surface area contributed by atoms with Gasteiger partial charge in [-0.3, -0.25) is 4.79 Å². The SMILES string of the molecule is O=C(N/N=C\c1ccc(F)cc1F)c1ccc(O)cc1. The quantitative estimate of drug-likeness (QED) is 0.668. The highest BCUT2D eigenvalue weighted by atomic mass is 19.1. The van der Waals surface area contributed by atoms with E-state index >= 15 is 0 Å².